The van der Waals surface area contributed by atoms with Crippen LogP contribution in [0.1, 0.15) is 11.1 Å². The van der Waals surface area contributed by atoms with Crippen molar-refractivity contribution in [2.75, 3.05) is 37.0 Å². The van der Waals surface area contributed by atoms with E-state index in [0.29, 0.717) is 0 Å². The fourth-order valence-electron chi connectivity index (χ4n) is 4.41. The van der Waals surface area contributed by atoms with Crippen LogP contribution in [0.3, 0.4) is 0 Å². The number of carbonyl (C=O) groups excluding carboxylic acids is 3. The summed E-state index contributed by atoms with van der Waals surface area (Å²) < 4.78 is 0. The maximum Gasteiger partial charge on any atom is 0.324 e. The van der Waals surface area contributed by atoms with Crippen LogP contribution in [0.5, 0.6) is 0 Å². The zero-order chi connectivity index (χ0) is 28.3. The van der Waals surface area contributed by atoms with Crippen LogP contribution < -0.4 is 9.80 Å². The lowest BCUT2D eigenvalue weighted by Gasteiger charge is -2.30. The summed E-state index contributed by atoms with van der Waals surface area (Å²) in [5, 5.41) is 0. The Morgan fingerprint density at radius 2 is 0.775 bits per heavy atom. The smallest absolute Gasteiger partial charge is 0.313 e. The maximum absolute atomic E-state index is 13.6. The second-order valence-corrected chi connectivity index (χ2v) is 9.58. The van der Waals surface area contributed by atoms with Crippen LogP contribution in [0, 0.1) is 0 Å². The van der Waals surface area contributed by atoms with E-state index in [1.165, 1.54) is 19.6 Å². The van der Waals surface area contributed by atoms with Gasteiger partial charge >= 0.3 is 12.1 Å². The summed E-state index contributed by atoms with van der Waals surface area (Å²) >= 11 is 0. The number of hydrogen-bond acceptors (Lipinski definition) is 3. The first-order chi connectivity index (χ1) is 19.4. The van der Waals surface area contributed by atoms with E-state index in [9.17, 15) is 14.4 Å². The van der Waals surface area contributed by atoms with Crippen molar-refractivity contribution < 1.29 is 14.4 Å². The van der Waals surface area contributed by atoms with Crippen molar-refractivity contribution in [2.45, 2.75) is 13.1 Å². The molecule has 0 heterocycles. The summed E-state index contributed by atoms with van der Waals surface area (Å²) in [4.78, 5) is 46.9. The number of para-hydroxylation sites is 2. The third kappa shape index (κ3) is 7.57. The lowest BCUT2D eigenvalue weighted by molar-refractivity contribution is -0.120. The van der Waals surface area contributed by atoms with Crippen molar-refractivity contribution in [2.24, 2.45) is 0 Å². The molecule has 7 heteroatoms. The Balaban J connectivity index is 1.55. The second kappa shape index (κ2) is 13.8. The molecule has 0 bridgehead atoms. The molecule has 4 aromatic carbocycles. The van der Waals surface area contributed by atoms with Crippen molar-refractivity contribution in [3.63, 3.8) is 0 Å². The Labute approximate surface area is 235 Å². The first kappa shape index (κ1) is 28.1. The highest BCUT2D eigenvalue weighted by molar-refractivity contribution is 5.97. The maximum atomic E-state index is 13.6. The number of ketones is 1. The molecule has 4 amide bonds. The number of anilines is 2. The fourth-order valence-corrected chi connectivity index (χ4v) is 4.41. The van der Waals surface area contributed by atoms with E-state index in [-0.39, 0.29) is 44.0 Å². The number of benzene rings is 4. The van der Waals surface area contributed by atoms with E-state index in [4.69, 9.17) is 0 Å². The van der Waals surface area contributed by atoms with E-state index in [2.05, 4.69) is 0 Å². The van der Waals surface area contributed by atoms with Crippen LogP contribution in [0.4, 0.5) is 21.0 Å². The number of amides is 4. The monoisotopic (exact) mass is 534 g/mol. The van der Waals surface area contributed by atoms with Gasteiger partial charge in [0.1, 0.15) is 0 Å². The Hall–Kier alpha value is -4.91. The van der Waals surface area contributed by atoms with Gasteiger partial charge in [0.15, 0.2) is 5.78 Å². The van der Waals surface area contributed by atoms with Crippen molar-refractivity contribution in [1.29, 1.82) is 0 Å². The topological polar surface area (TPSA) is 64.2 Å². The SMILES string of the molecule is CN(C(=O)N(CC(=O)CN(Cc1ccccc1)C(=O)N(C)c1ccccc1)Cc1ccccc1)c1ccccc1. The van der Waals surface area contributed by atoms with Gasteiger partial charge in [0, 0.05) is 38.6 Å². The molecule has 4 aromatic rings. The molecule has 0 N–H and O–H groups in total. The van der Waals surface area contributed by atoms with Crippen LogP contribution >= 0.6 is 0 Å². The van der Waals surface area contributed by atoms with E-state index >= 15 is 0 Å². The Morgan fingerprint density at radius 1 is 0.475 bits per heavy atom. The number of nitrogens with zero attached hydrogens (tertiary/aromatic N) is 4. The standard InChI is InChI=1S/C33H34N4O3/c1-34(29-19-11-5-12-20-29)32(39)36(23-27-15-7-3-8-16-27)25-31(38)26-37(24-28-17-9-4-10-18-28)33(40)35(2)30-21-13-6-14-22-30/h3-22H,23-26H2,1-2H3. The van der Waals surface area contributed by atoms with Gasteiger partial charge in [0.05, 0.1) is 13.1 Å². The number of hydrogen-bond donors (Lipinski definition) is 0. The molecular formula is C33H34N4O3. The lowest BCUT2D eigenvalue weighted by atomic mass is 10.2. The zero-order valence-corrected chi connectivity index (χ0v) is 22.9. The normalized spacial score (nSPS) is 10.4. The Kier molecular flexibility index (Phi) is 9.67. The summed E-state index contributed by atoms with van der Waals surface area (Å²) in [7, 11) is 3.39. The lowest BCUT2D eigenvalue weighted by Crippen LogP contribution is -2.48. The minimum atomic E-state index is -0.300. The number of Topliss-reactive ketones (excluding diaryl/α,β-unsaturated/α-hetero) is 1. The molecule has 0 spiro atoms. The van der Waals surface area contributed by atoms with Gasteiger partial charge in [0.2, 0.25) is 0 Å². The van der Waals surface area contributed by atoms with E-state index in [0.717, 1.165) is 22.5 Å². The molecule has 40 heavy (non-hydrogen) atoms. The molecule has 0 radical (unpaired) electrons. The molecule has 4 rings (SSSR count). The van der Waals surface area contributed by atoms with Crippen molar-refractivity contribution in [1.82, 2.24) is 9.80 Å². The average molecular weight is 535 g/mol. The highest BCUT2D eigenvalue weighted by atomic mass is 16.2. The van der Waals surface area contributed by atoms with Crippen molar-refractivity contribution in [3.8, 4) is 0 Å². The van der Waals surface area contributed by atoms with Crippen LogP contribution in [0.2, 0.25) is 0 Å². The largest absolute Gasteiger partial charge is 0.324 e. The zero-order valence-electron chi connectivity index (χ0n) is 22.9. The van der Waals surface area contributed by atoms with Gasteiger partial charge in [-0.15, -0.1) is 0 Å². The predicted molar refractivity (Wildman–Crippen MR) is 159 cm³/mol. The molecule has 0 unspecified atom stereocenters. The third-order valence-electron chi connectivity index (χ3n) is 6.57. The minimum Gasteiger partial charge on any atom is -0.313 e. The molecule has 0 aliphatic rings. The van der Waals surface area contributed by atoms with Gasteiger partial charge in [-0.3, -0.25) is 14.6 Å². The van der Waals surface area contributed by atoms with Crippen molar-refractivity contribution >= 4 is 29.2 Å². The van der Waals surface area contributed by atoms with Gasteiger partial charge in [-0.2, -0.15) is 0 Å². The number of urea groups is 2. The second-order valence-electron chi connectivity index (χ2n) is 9.58. The van der Waals surface area contributed by atoms with Gasteiger partial charge in [-0.05, 0) is 35.4 Å². The Morgan fingerprint density at radius 3 is 1.10 bits per heavy atom. The molecular weight excluding hydrogens is 500 g/mol. The molecule has 7 nitrogen and oxygen atoms in total. The highest BCUT2D eigenvalue weighted by Gasteiger charge is 2.26. The Bertz CT molecular complexity index is 1280. The molecule has 0 atom stereocenters. The van der Waals surface area contributed by atoms with Crippen LogP contribution in [0.25, 0.3) is 0 Å². The minimum absolute atomic E-state index is 0.140. The predicted octanol–water partition coefficient (Wildman–Crippen LogP) is 6.07. The number of carbonyl (C=O) groups is 3. The quantitative estimate of drug-likeness (QED) is 0.248. The van der Waals surface area contributed by atoms with Crippen LogP contribution in [0.15, 0.2) is 121 Å². The highest BCUT2D eigenvalue weighted by Crippen LogP contribution is 2.17. The molecule has 0 aliphatic heterocycles. The van der Waals surface area contributed by atoms with E-state index < -0.39 is 0 Å². The summed E-state index contributed by atoms with van der Waals surface area (Å²) in [5.41, 5.74) is 3.27. The molecule has 0 saturated heterocycles. The van der Waals surface area contributed by atoms with Gasteiger partial charge in [-0.1, -0.05) is 97.1 Å². The van der Waals surface area contributed by atoms with Crippen LogP contribution in [-0.4, -0.2) is 54.8 Å². The van der Waals surface area contributed by atoms with Crippen molar-refractivity contribution in [3.05, 3.63) is 132 Å². The molecule has 204 valence electrons. The van der Waals surface area contributed by atoms with Gasteiger partial charge in [0.25, 0.3) is 0 Å². The molecule has 0 fully saturated rings. The van der Waals surface area contributed by atoms with Crippen LogP contribution in [-0.2, 0) is 17.9 Å². The molecule has 0 aromatic heterocycles. The third-order valence-corrected chi connectivity index (χ3v) is 6.57. The van der Waals surface area contributed by atoms with Gasteiger partial charge < -0.3 is 9.80 Å². The van der Waals surface area contributed by atoms with Gasteiger partial charge in [-0.25, -0.2) is 9.59 Å². The van der Waals surface area contributed by atoms with E-state index in [1.54, 1.807) is 14.1 Å². The summed E-state index contributed by atoms with van der Waals surface area (Å²) in [5.74, 6) is -0.239. The fraction of sp³-hybridized carbons (Fsp3) is 0.182. The van der Waals surface area contributed by atoms with E-state index in [1.807, 2.05) is 121 Å². The molecule has 0 aliphatic carbocycles. The average Bonchev–Trinajstić information content (AvgIpc) is 3.01. The summed E-state index contributed by atoms with van der Waals surface area (Å²) in [6, 6.07) is 37.1. The molecule has 0 saturated carbocycles. The first-order valence-corrected chi connectivity index (χ1v) is 13.2. The summed E-state index contributed by atoms with van der Waals surface area (Å²) in [6.07, 6.45) is 0. The first-order valence-electron chi connectivity index (χ1n) is 13.2. The number of rotatable bonds is 10. The summed E-state index contributed by atoms with van der Waals surface area (Å²) in [6.45, 7) is 0.245.